The standard InChI is InChI=1S/C20H28N4O/c1-14(2)19-12-24(9-3-8-23(19)11-15-4-5-15)20(25)16-6-7-17-18(10-16)22-13-21-17/h6-7,10,13-15,19H,3-5,8-9,11-12H2,1-2H3,(H,21,22)/t19-/m1/s1. The molecule has 2 aromatic rings. The molecule has 1 amide bonds. The van der Waals surface area contributed by atoms with Gasteiger partial charge in [-0.25, -0.2) is 4.98 Å². The minimum atomic E-state index is 0.149. The summed E-state index contributed by atoms with van der Waals surface area (Å²) < 4.78 is 0. The van der Waals surface area contributed by atoms with E-state index in [1.54, 1.807) is 6.33 Å². The molecular weight excluding hydrogens is 312 g/mol. The Bertz CT molecular complexity index is 749. The minimum Gasteiger partial charge on any atom is -0.345 e. The van der Waals surface area contributed by atoms with Crippen LogP contribution in [0.25, 0.3) is 11.0 Å². The maximum atomic E-state index is 13.1. The third-order valence-electron chi connectivity index (χ3n) is 5.66. The molecule has 2 aliphatic rings. The predicted molar refractivity (Wildman–Crippen MR) is 99.5 cm³/mol. The predicted octanol–water partition coefficient (Wildman–Crippen LogP) is 3.15. The minimum absolute atomic E-state index is 0.149. The topological polar surface area (TPSA) is 52.2 Å². The number of fused-ring (bicyclic) bond motifs is 1. The van der Waals surface area contributed by atoms with Crippen molar-refractivity contribution in [1.82, 2.24) is 19.8 Å². The molecule has 1 saturated heterocycles. The van der Waals surface area contributed by atoms with Gasteiger partial charge in [-0.1, -0.05) is 13.8 Å². The first-order valence-electron chi connectivity index (χ1n) is 9.58. The summed E-state index contributed by atoms with van der Waals surface area (Å²) >= 11 is 0. The lowest BCUT2D eigenvalue weighted by Gasteiger charge is -2.34. The van der Waals surface area contributed by atoms with E-state index in [2.05, 4.69) is 33.6 Å². The van der Waals surface area contributed by atoms with Crippen LogP contribution in [0.5, 0.6) is 0 Å². The average Bonchev–Trinajstić information content (AvgIpc) is 3.34. The fourth-order valence-electron chi connectivity index (χ4n) is 3.99. The summed E-state index contributed by atoms with van der Waals surface area (Å²) in [5.41, 5.74) is 2.59. The van der Waals surface area contributed by atoms with Crippen molar-refractivity contribution >= 4 is 16.9 Å². The smallest absolute Gasteiger partial charge is 0.253 e. The van der Waals surface area contributed by atoms with E-state index in [9.17, 15) is 4.79 Å². The van der Waals surface area contributed by atoms with Crippen molar-refractivity contribution in [3.8, 4) is 0 Å². The van der Waals surface area contributed by atoms with Crippen LogP contribution in [0.1, 0.15) is 43.5 Å². The van der Waals surface area contributed by atoms with E-state index in [-0.39, 0.29) is 5.91 Å². The van der Waals surface area contributed by atoms with E-state index in [4.69, 9.17) is 0 Å². The van der Waals surface area contributed by atoms with E-state index in [0.29, 0.717) is 12.0 Å². The Hall–Kier alpha value is -1.88. The highest BCUT2D eigenvalue weighted by atomic mass is 16.2. The number of nitrogens with one attached hydrogen (secondary N) is 1. The Morgan fingerprint density at radius 3 is 2.92 bits per heavy atom. The number of H-pyrrole nitrogens is 1. The second-order valence-corrected chi connectivity index (χ2v) is 7.99. The summed E-state index contributed by atoms with van der Waals surface area (Å²) in [6.45, 7) is 8.59. The summed E-state index contributed by atoms with van der Waals surface area (Å²) in [7, 11) is 0. The number of hydrogen-bond acceptors (Lipinski definition) is 3. The van der Waals surface area contributed by atoms with Gasteiger partial charge in [0.2, 0.25) is 0 Å². The molecular formula is C20H28N4O. The number of imidazole rings is 1. The second-order valence-electron chi connectivity index (χ2n) is 7.99. The molecule has 4 rings (SSSR count). The van der Waals surface area contributed by atoms with Crippen molar-refractivity contribution in [3.05, 3.63) is 30.1 Å². The number of aromatic amines is 1. The first kappa shape index (κ1) is 16.6. The Kier molecular flexibility index (Phi) is 4.50. The molecule has 0 unspecified atom stereocenters. The number of nitrogens with zero attached hydrogens (tertiary/aromatic N) is 3. The van der Waals surface area contributed by atoms with Gasteiger partial charge in [0.1, 0.15) is 0 Å². The number of amides is 1. The molecule has 5 nitrogen and oxygen atoms in total. The molecule has 1 atom stereocenters. The summed E-state index contributed by atoms with van der Waals surface area (Å²) in [5, 5.41) is 0. The van der Waals surface area contributed by atoms with Gasteiger partial charge in [-0.15, -0.1) is 0 Å². The molecule has 0 radical (unpaired) electrons. The van der Waals surface area contributed by atoms with Crippen molar-refractivity contribution in [2.75, 3.05) is 26.2 Å². The van der Waals surface area contributed by atoms with Gasteiger partial charge in [0, 0.05) is 37.8 Å². The number of benzene rings is 1. The van der Waals surface area contributed by atoms with Crippen molar-refractivity contribution in [1.29, 1.82) is 0 Å². The molecule has 1 aromatic carbocycles. The number of carbonyl (C=O) groups is 1. The van der Waals surface area contributed by atoms with Gasteiger partial charge in [-0.3, -0.25) is 9.69 Å². The molecule has 1 saturated carbocycles. The summed E-state index contributed by atoms with van der Waals surface area (Å²) in [5.74, 6) is 1.60. The van der Waals surface area contributed by atoms with Gasteiger partial charge in [-0.2, -0.15) is 0 Å². The van der Waals surface area contributed by atoms with Gasteiger partial charge < -0.3 is 9.88 Å². The molecule has 2 heterocycles. The van der Waals surface area contributed by atoms with Crippen molar-refractivity contribution < 1.29 is 4.79 Å². The first-order valence-corrected chi connectivity index (χ1v) is 9.58. The lowest BCUT2D eigenvalue weighted by Crippen LogP contribution is -2.46. The number of rotatable bonds is 4. The van der Waals surface area contributed by atoms with Gasteiger partial charge >= 0.3 is 0 Å². The van der Waals surface area contributed by atoms with Gasteiger partial charge in [-0.05, 0) is 49.3 Å². The molecule has 5 heteroatoms. The van der Waals surface area contributed by atoms with Crippen LogP contribution in [-0.2, 0) is 0 Å². The van der Waals surface area contributed by atoms with E-state index >= 15 is 0 Å². The molecule has 0 spiro atoms. The zero-order valence-corrected chi connectivity index (χ0v) is 15.2. The van der Waals surface area contributed by atoms with Gasteiger partial charge in [0.05, 0.1) is 17.4 Å². The summed E-state index contributed by atoms with van der Waals surface area (Å²) in [4.78, 5) is 25.2. The van der Waals surface area contributed by atoms with Crippen LogP contribution < -0.4 is 0 Å². The fourth-order valence-corrected chi connectivity index (χ4v) is 3.99. The van der Waals surface area contributed by atoms with Gasteiger partial charge in [0.25, 0.3) is 5.91 Å². The molecule has 2 fully saturated rings. The molecule has 134 valence electrons. The maximum absolute atomic E-state index is 13.1. The van der Waals surface area contributed by atoms with Crippen LogP contribution in [0.15, 0.2) is 24.5 Å². The van der Waals surface area contributed by atoms with Crippen LogP contribution in [-0.4, -0.2) is 57.9 Å². The average molecular weight is 340 g/mol. The molecule has 25 heavy (non-hydrogen) atoms. The lowest BCUT2D eigenvalue weighted by atomic mass is 10.0. The van der Waals surface area contributed by atoms with Crippen LogP contribution in [0.3, 0.4) is 0 Å². The molecule has 1 N–H and O–H groups in total. The number of aromatic nitrogens is 2. The van der Waals surface area contributed by atoms with Crippen LogP contribution in [0.2, 0.25) is 0 Å². The van der Waals surface area contributed by atoms with Crippen LogP contribution >= 0.6 is 0 Å². The second kappa shape index (κ2) is 6.79. The first-order chi connectivity index (χ1) is 12.1. The number of hydrogen-bond donors (Lipinski definition) is 1. The Balaban J connectivity index is 1.52. The quantitative estimate of drug-likeness (QED) is 0.930. The Labute approximate surface area is 149 Å². The molecule has 1 aromatic heterocycles. The SMILES string of the molecule is CC(C)[C@H]1CN(C(=O)c2ccc3nc[nH]c3c2)CCCN1CC1CC1. The van der Waals surface area contributed by atoms with Crippen LogP contribution in [0, 0.1) is 11.8 Å². The van der Waals surface area contributed by atoms with Crippen molar-refractivity contribution in [2.45, 2.75) is 39.2 Å². The van der Waals surface area contributed by atoms with E-state index in [0.717, 1.165) is 48.6 Å². The molecule has 1 aliphatic heterocycles. The number of carbonyl (C=O) groups excluding carboxylic acids is 1. The Morgan fingerprint density at radius 2 is 2.16 bits per heavy atom. The third-order valence-corrected chi connectivity index (χ3v) is 5.66. The third kappa shape index (κ3) is 3.56. The Morgan fingerprint density at radius 1 is 1.32 bits per heavy atom. The highest BCUT2D eigenvalue weighted by Crippen LogP contribution is 2.32. The molecule has 1 aliphatic carbocycles. The summed E-state index contributed by atoms with van der Waals surface area (Å²) in [6, 6.07) is 6.23. The lowest BCUT2D eigenvalue weighted by molar-refractivity contribution is 0.0704. The van der Waals surface area contributed by atoms with Crippen molar-refractivity contribution in [3.63, 3.8) is 0 Å². The van der Waals surface area contributed by atoms with E-state index in [1.165, 1.54) is 19.4 Å². The van der Waals surface area contributed by atoms with Gasteiger partial charge in [0.15, 0.2) is 0 Å². The fraction of sp³-hybridized carbons (Fsp3) is 0.600. The monoisotopic (exact) mass is 340 g/mol. The van der Waals surface area contributed by atoms with E-state index < -0.39 is 0 Å². The van der Waals surface area contributed by atoms with E-state index in [1.807, 2.05) is 18.2 Å². The van der Waals surface area contributed by atoms with Crippen molar-refractivity contribution in [2.24, 2.45) is 11.8 Å². The highest BCUT2D eigenvalue weighted by molar-refractivity contribution is 5.97. The molecule has 0 bridgehead atoms. The normalized spacial score (nSPS) is 22.5. The zero-order chi connectivity index (χ0) is 17.4. The largest absolute Gasteiger partial charge is 0.345 e. The van der Waals surface area contributed by atoms with Crippen LogP contribution in [0.4, 0.5) is 0 Å². The zero-order valence-electron chi connectivity index (χ0n) is 15.2. The summed E-state index contributed by atoms with van der Waals surface area (Å²) in [6.07, 6.45) is 5.51. The maximum Gasteiger partial charge on any atom is 0.253 e. The highest BCUT2D eigenvalue weighted by Gasteiger charge is 2.33.